The Morgan fingerprint density at radius 3 is 2.58 bits per heavy atom. The van der Waals surface area contributed by atoms with Gasteiger partial charge in [0.05, 0.1) is 0 Å². The number of amides is 1. The van der Waals surface area contributed by atoms with Crippen molar-refractivity contribution in [1.29, 1.82) is 0 Å². The molecule has 19 heavy (non-hydrogen) atoms. The van der Waals surface area contributed by atoms with Gasteiger partial charge in [0, 0.05) is 6.20 Å². The molecule has 5 heteroatoms. The van der Waals surface area contributed by atoms with Gasteiger partial charge in [-0.25, -0.2) is 4.79 Å². The molecule has 1 aromatic heterocycles. The van der Waals surface area contributed by atoms with Crippen LogP contribution in [0.2, 0.25) is 0 Å². The van der Waals surface area contributed by atoms with Crippen LogP contribution in [0.5, 0.6) is 0 Å². The van der Waals surface area contributed by atoms with Crippen LogP contribution in [-0.2, 0) is 4.79 Å². The first kappa shape index (κ1) is 13.5. The third-order valence-corrected chi connectivity index (χ3v) is 3.57. The molecule has 1 aliphatic carbocycles. The quantitative estimate of drug-likeness (QED) is 0.867. The van der Waals surface area contributed by atoms with E-state index in [1.807, 2.05) is 0 Å². The third-order valence-electron chi connectivity index (χ3n) is 3.57. The molecular formula is C14H18N2O3. The molecule has 5 nitrogen and oxygen atoms in total. The highest BCUT2D eigenvalue weighted by atomic mass is 16.4. The second-order valence-corrected chi connectivity index (χ2v) is 4.90. The molecule has 1 unspecified atom stereocenters. The number of nitrogens with zero attached hydrogens (tertiary/aromatic N) is 1. The average molecular weight is 262 g/mol. The Balaban J connectivity index is 2.04. The minimum atomic E-state index is -0.962. The van der Waals surface area contributed by atoms with Gasteiger partial charge in [-0.1, -0.05) is 25.3 Å². The molecule has 1 aromatic rings. The Labute approximate surface area is 112 Å². The van der Waals surface area contributed by atoms with Crippen molar-refractivity contribution in [1.82, 2.24) is 10.3 Å². The van der Waals surface area contributed by atoms with Crippen LogP contribution >= 0.6 is 0 Å². The lowest BCUT2D eigenvalue weighted by atomic mass is 9.84. The molecule has 1 fully saturated rings. The van der Waals surface area contributed by atoms with Crippen molar-refractivity contribution in [2.45, 2.75) is 38.1 Å². The first-order valence-corrected chi connectivity index (χ1v) is 6.63. The van der Waals surface area contributed by atoms with Gasteiger partial charge in [-0.3, -0.25) is 9.78 Å². The minimum absolute atomic E-state index is 0.0268. The summed E-state index contributed by atoms with van der Waals surface area (Å²) in [5.41, 5.74) is 0.254. The number of rotatable bonds is 4. The zero-order valence-corrected chi connectivity index (χ0v) is 10.7. The van der Waals surface area contributed by atoms with E-state index in [2.05, 4.69) is 10.3 Å². The topological polar surface area (TPSA) is 79.3 Å². The third kappa shape index (κ3) is 3.53. The molecule has 102 valence electrons. The Kier molecular flexibility index (Phi) is 4.49. The molecule has 0 radical (unpaired) electrons. The first-order chi connectivity index (χ1) is 9.18. The maximum atomic E-state index is 12.0. The van der Waals surface area contributed by atoms with E-state index in [0.29, 0.717) is 0 Å². The van der Waals surface area contributed by atoms with E-state index in [0.717, 1.165) is 32.1 Å². The molecule has 1 amide bonds. The van der Waals surface area contributed by atoms with Gasteiger partial charge in [0.25, 0.3) is 5.91 Å². The number of carboxylic acid groups (broad SMARTS) is 1. The molecule has 2 rings (SSSR count). The molecule has 1 saturated carbocycles. The molecule has 0 aromatic carbocycles. The van der Waals surface area contributed by atoms with Gasteiger partial charge >= 0.3 is 5.97 Å². The van der Waals surface area contributed by atoms with Gasteiger partial charge in [0.1, 0.15) is 11.7 Å². The van der Waals surface area contributed by atoms with Crippen LogP contribution in [0.1, 0.15) is 42.6 Å². The number of aromatic nitrogens is 1. The highest BCUT2D eigenvalue weighted by Gasteiger charge is 2.31. The summed E-state index contributed by atoms with van der Waals surface area (Å²) in [5, 5.41) is 11.9. The molecular weight excluding hydrogens is 244 g/mol. The van der Waals surface area contributed by atoms with Gasteiger partial charge < -0.3 is 10.4 Å². The molecule has 0 aliphatic heterocycles. The zero-order chi connectivity index (χ0) is 13.7. The smallest absolute Gasteiger partial charge is 0.326 e. The monoisotopic (exact) mass is 262 g/mol. The van der Waals surface area contributed by atoms with Gasteiger partial charge in [0.15, 0.2) is 0 Å². The van der Waals surface area contributed by atoms with Crippen molar-refractivity contribution in [3.8, 4) is 0 Å². The largest absolute Gasteiger partial charge is 0.480 e. The van der Waals surface area contributed by atoms with Gasteiger partial charge in [-0.05, 0) is 30.9 Å². The maximum absolute atomic E-state index is 12.0. The van der Waals surface area contributed by atoms with Crippen molar-refractivity contribution >= 4 is 11.9 Å². The number of carboxylic acids is 1. The highest BCUT2D eigenvalue weighted by molar-refractivity contribution is 5.94. The van der Waals surface area contributed by atoms with Gasteiger partial charge in [-0.2, -0.15) is 0 Å². The second-order valence-electron chi connectivity index (χ2n) is 4.90. The number of carbonyl (C=O) groups is 2. The van der Waals surface area contributed by atoms with Crippen molar-refractivity contribution < 1.29 is 14.7 Å². The number of carbonyl (C=O) groups excluding carboxylic acids is 1. The predicted octanol–water partition coefficient (Wildman–Crippen LogP) is 1.84. The summed E-state index contributed by atoms with van der Waals surface area (Å²) in [6.07, 6.45) is 6.46. The van der Waals surface area contributed by atoms with Crippen LogP contribution in [0.15, 0.2) is 24.4 Å². The SMILES string of the molecule is O=C(NC(C(=O)O)C1CCCCC1)c1ccccn1. The number of hydrogen-bond acceptors (Lipinski definition) is 3. The summed E-state index contributed by atoms with van der Waals surface area (Å²) in [4.78, 5) is 27.2. The Morgan fingerprint density at radius 2 is 2.00 bits per heavy atom. The summed E-state index contributed by atoms with van der Waals surface area (Å²) in [7, 11) is 0. The van der Waals surface area contributed by atoms with E-state index in [1.165, 1.54) is 6.20 Å². The van der Waals surface area contributed by atoms with Crippen molar-refractivity contribution in [2.24, 2.45) is 5.92 Å². The number of pyridine rings is 1. The Morgan fingerprint density at radius 1 is 1.26 bits per heavy atom. The second kappa shape index (κ2) is 6.31. The van der Waals surface area contributed by atoms with E-state index in [-0.39, 0.29) is 11.6 Å². The highest BCUT2D eigenvalue weighted by Crippen LogP contribution is 2.26. The van der Waals surface area contributed by atoms with Crippen molar-refractivity contribution in [3.63, 3.8) is 0 Å². The van der Waals surface area contributed by atoms with Gasteiger partial charge in [0.2, 0.25) is 0 Å². The molecule has 1 heterocycles. The van der Waals surface area contributed by atoms with Crippen LogP contribution in [0.25, 0.3) is 0 Å². The van der Waals surface area contributed by atoms with Gasteiger partial charge in [-0.15, -0.1) is 0 Å². The lowest BCUT2D eigenvalue weighted by Crippen LogP contribution is -2.46. The molecule has 2 N–H and O–H groups in total. The Hall–Kier alpha value is -1.91. The Bertz CT molecular complexity index is 441. The van der Waals surface area contributed by atoms with Crippen LogP contribution in [0, 0.1) is 5.92 Å². The summed E-state index contributed by atoms with van der Waals surface area (Å²) >= 11 is 0. The zero-order valence-electron chi connectivity index (χ0n) is 10.7. The fourth-order valence-electron chi connectivity index (χ4n) is 2.56. The fraction of sp³-hybridized carbons (Fsp3) is 0.500. The summed E-state index contributed by atoms with van der Waals surface area (Å²) < 4.78 is 0. The van der Waals surface area contributed by atoms with E-state index in [9.17, 15) is 14.7 Å². The summed E-state index contributed by atoms with van der Waals surface area (Å²) in [6, 6.07) is 4.19. The summed E-state index contributed by atoms with van der Waals surface area (Å²) in [6.45, 7) is 0. The lowest BCUT2D eigenvalue weighted by Gasteiger charge is -2.27. The van der Waals surface area contributed by atoms with E-state index in [1.54, 1.807) is 18.2 Å². The molecule has 0 saturated heterocycles. The van der Waals surface area contributed by atoms with Crippen LogP contribution < -0.4 is 5.32 Å². The van der Waals surface area contributed by atoms with Crippen LogP contribution in [0.4, 0.5) is 0 Å². The standard InChI is InChI=1S/C14H18N2O3/c17-13(11-8-4-5-9-15-11)16-12(14(18)19)10-6-2-1-3-7-10/h4-5,8-10,12H,1-3,6-7H2,(H,16,17)(H,18,19). The average Bonchev–Trinajstić information content (AvgIpc) is 2.46. The van der Waals surface area contributed by atoms with Crippen molar-refractivity contribution in [3.05, 3.63) is 30.1 Å². The maximum Gasteiger partial charge on any atom is 0.326 e. The van der Waals surface area contributed by atoms with E-state index < -0.39 is 17.9 Å². The van der Waals surface area contributed by atoms with E-state index in [4.69, 9.17) is 0 Å². The van der Waals surface area contributed by atoms with Crippen molar-refractivity contribution in [2.75, 3.05) is 0 Å². The number of nitrogens with one attached hydrogen (secondary N) is 1. The summed E-state index contributed by atoms with van der Waals surface area (Å²) in [5.74, 6) is -1.35. The molecule has 0 spiro atoms. The number of aliphatic carboxylic acids is 1. The molecule has 1 aliphatic rings. The number of hydrogen-bond donors (Lipinski definition) is 2. The minimum Gasteiger partial charge on any atom is -0.480 e. The predicted molar refractivity (Wildman–Crippen MR) is 69.7 cm³/mol. The normalized spacial score (nSPS) is 17.7. The van der Waals surface area contributed by atoms with Crippen LogP contribution in [0.3, 0.4) is 0 Å². The van der Waals surface area contributed by atoms with E-state index >= 15 is 0 Å². The molecule has 1 atom stereocenters. The fourth-order valence-corrected chi connectivity index (χ4v) is 2.56. The lowest BCUT2D eigenvalue weighted by molar-refractivity contribution is -0.141. The molecule has 0 bridgehead atoms. The van der Waals surface area contributed by atoms with Crippen LogP contribution in [-0.4, -0.2) is 28.0 Å². The first-order valence-electron chi connectivity index (χ1n) is 6.63.